The molecule has 2 heterocycles. The van der Waals surface area contributed by atoms with Gasteiger partial charge in [0.25, 0.3) is 5.91 Å². The lowest BCUT2D eigenvalue weighted by molar-refractivity contribution is 0.0954. The van der Waals surface area contributed by atoms with E-state index >= 15 is 0 Å². The van der Waals surface area contributed by atoms with Crippen molar-refractivity contribution in [1.82, 2.24) is 20.3 Å². The number of carbonyl (C=O) groups excluding carboxylic acids is 1. The molecule has 2 N–H and O–H groups in total. The Morgan fingerprint density at radius 1 is 1.23 bits per heavy atom. The van der Waals surface area contributed by atoms with E-state index in [1.54, 1.807) is 36.8 Å². The summed E-state index contributed by atoms with van der Waals surface area (Å²) in [5.41, 5.74) is 3.20. The standard InChI is InChI=1S/C19H21N5OS/c1-3-16-24-15(12-26-16)7-8-23-19(25)14-6-4-5-13(11-14)17-18(20-2)22-10-9-21-17/h4-6,9-12H,3,7-8H2,1-2H3,(H,20,22)(H,23,25). The summed E-state index contributed by atoms with van der Waals surface area (Å²) < 4.78 is 0. The minimum absolute atomic E-state index is 0.104. The minimum atomic E-state index is -0.104. The van der Waals surface area contributed by atoms with E-state index in [1.165, 1.54) is 0 Å². The molecule has 1 aromatic carbocycles. The number of nitrogens with zero attached hydrogens (tertiary/aromatic N) is 3. The first-order valence-electron chi connectivity index (χ1n) is 8.52. The molecule has 0 fully saturated rings. The van der Waals surface area contributed by atoms with Crippen molar-refractivity contribution in [3.63, 3.8) is 0 Å². The molecule has 134 valence electrons. The molecular formula is C19H21N5OS. The lowest BCUT2D eigenvalue weighted by atomic mass is 10.1. The van der Waals surface area contributed by atoms with Crippen LogP contribution < -0.4 is 10.6 Å². The Morgan fingerprint density at radius 2 is 2.08 bits per heavy atom. The van der Waals surface area contributed by atoms with Crippen molar-refractivity contribution in [1.29, 1.82) is 0 Å². The molecule has 0 saturated carbocycles. The molecule has 0 unspecified atom stereocenters. The number of hydrogen-bond acceptors (Lipinski definition) is 6. The lowest BCUT2D eigenvalue weighted by Gasteiger charge is -2.09. The van der Waals surface area contributed by atoms with Crippen molar-refractivity contribution in [2.24, 2.45) is 0 Å². The Bertz CT molecular complexity index is 893. The van der Waals surface area contributed by atoms with Crippen LogP contribution in [0.25, 0.3) is 11.3 Å². The molecule has 0 aliphatic heterocycles. The van der Waals surface area contributed by atoms with Crippen LogP contribution in [0.3, 0.4) is 0 Å². The molecule has 0 aliphatic carbocycles. The van der Waals surface area contributed by atoms with Gasteiger partial charge in [0.15, 0.2) is 5.82 Å². The third kappa shape index (κ3) is 4.23. The van der Waals surface area contributed by atoms with Gasteiger partial charge in [-0.1, -0.05) is 19.1 Å². The van der Waals surface area contributed by atoms with Gasteiger partial charge in [-0.05, 0) is 18.6 Å². The third-order valence-corrected chi connectivity index (χ3v) is 4.94. The first-order valence-corrected chi connectivity index (χ1v) is 9.40. The summed E-state index contributed by atoms with van der Waals surface area (Å²) >= 11 is 1.67. The molecule has 6 nitrogen and oxygen atoms in total. The molecule has 7 heteroatoms. The smallest absolute Gasteiger partial charge is 0.251 e. The topological polar surface area (TPSA) is 79.8 Å². The summed E-state index contributed by atoms with van der Waals surface area (Å²) in [6, 6.07) is 7.40. The predicted molar refractivity (Wildman–Crippen MR) is 105 cm³/mol. The molecule has 0 bridgehead atoms. The van der Waals surface area contributed by atoms with Crippen LogP contribution in [0.15, 0.2) is 42.0 Å². The van der Waals surface area contributed by atoms with Gasteiger partial charge in [0, 0.05) is 48.9 Å². The number of anilines is 1. The Labute approximate surface area is 156 Å². The van der Waals surface area contributed by atoms with E-state index in [-0.39, 0.29) is 5.91 Å². The number of benzene rings is 1. The van der Waals surface area contributed by atoms with E-state index in [0.717, 1.165) is 34.8 Å². The van der Waals surface area contributed by atoms with Crippen molar-refractivity contribution in [2.45, 2.75) is 19.8 Å². The number of aryl methyl sites for hydroxylation is 1. The first kappa shape index (κ1) is 18.0. The van der Waals surface area contributed by atoms with E-state index in [0.29, 0.717) is 17.9 Å². The number of hydrogen-bond donors (Lipinski definition) is 2. The summed E-state index contributed by atoms with van der Waals surface area (Å²) in [5.74, 6) is 0.577. The molecule has 3 rings (SSSR count). The summed E-state index contributed by atoms with van der Waals surface area (Å²) in [7, 11) is 1.80. The van der Waals surface area contributed by atoms with Crippen molar-refractivity contribution in [3.05, 3.63) is 58.3 Å². The van der Waals surface area contributed by atoms with Crippen molar-refractivity contribution < 1.29 is 4.79 Å². The van der Waals surface area contributed by atoms with E-state index in [9.17, 15) is 4.79 Å². The summed E-state index contributed by atoms with van der Waals surface area (Å²) in [4.78, 5) is 25.6. The van der Waals surface area contributed by atoms with Gasteiger partial charge in [0.05, 0.1) is 10.7 Å². The zero-order valence-corrected chi connectivity index (χ0v) is 15.6. The average Bonchev–Trinajstić information content (AvgIpc) is 3.16. The predicted octanol–water partition coefficient (Wildman–Crippen LogP) is 3.18. The van der Waals surface area contributed by atoms with E-state index in [4.69, 9.17) is 0 Å². The van der Waals surface area contributed by atoms with Gasteiger partial charge >= 0.3 is 0 Å². The molecule has 0 radical (unpaired) electrons. The van der Waals surface area contributed by atoms with Crippen molar-refractivity contribution in [2.75, 3.05) is 18.9 Å². The quantitative estimate of drug-likeness (QED) is 0.670. The zero-order valence-electron chi connectivity index (χ0n) is 14.8. The Balaban J connectivity index is 1.66. The van der Waals surface area contributed by atoms with Gasteiger partial charge < -0.3 is 10.6 Å². The van der Waals surface area contributed by atoms with Crippen LogP contribution in [0.4, 0.5) is 5.82 Å². The van der Waals surface area contributed by atoms with Crippen molar-refractivity contribution >= 4 is 23.1 Å². The molecule has 0 saturated heterocycles. The van der Waals surface area contributed by atoms with Crippen LogP contribution in [-0.4, -0.2) is 34.5 Å². The van der Waals surface area contributed by atoms with Crippen LogP contribution in [0.2, 0.25) is 0 Å². The molecule has 0 atom stereocenters. The van der Waals surface area contributed by atoms with Crippen LogP contribution in [-0.2, 0) is 12.8 Å². The van der Waals surface area contributed by atoms with E-state index < -0.39 is 0 Å². The SMILES string of the molecule is CCc1nc(CCNC(=O)c2cccc(-c3nccnc3NC)c2)cs1. The third-order valence-electron chi connectivity index (χ3n) is 3.90. The fraction of sp³-hybridized carbons (Fsp3) is 0.263. The van der Waals surface area contributed by atoms with Crippen LogP contribution in [0.5, 0.6) is 0 Å². The largest absolute Gasteiger partial charge is 0.371 e. The second-order valence-corrected chi connectivity index (χ2v) is 6.62. The van der Waals surface area contributed by atoms with Crippen LogP contribution in [0, 0.1) is 0 Å². The highest BCUT2D eigenvalue weighted by Gasteiger charge is 2.11. The number of amides is 1. The number of carbonyl (C=O) groups is 1. The molecular weight excluding hydrogens is 346 g/mol. The molecule has 26 heavy (non-hydrogen) atoms. The monoisotopic (exact) mass is 367 g/mol. The van der Waals surface area contributed by atoms with Crippen molar-refractivity contribution in [3.8, 4) is 11.3 Å². The van der Waals surface area contributed by atoms with Gasteiger partial charge in [-0.25, -0.2) is 9.97 Å². The minimum Gasteiger partial charge on any atom is -0.371 e. The summed E-state index contributed by atoms with van der Waals surface area (Å²) in [6.45, 7) is 2.65. The molecule has 3 aromatic rings. The van der Waals surface area contributed by atoms with Gasteiger partial charge in [-0.2, -0.15) is 0 Å². The van der Waals surface area contributed by atoms with Crippen LogP contribution in [0.1, 0.15) is 28.0 Å². The van der Waals surface area contributed by atoms with Gasteiger partial charge in [0.1, 0.15) is 5.69 Å². The normalized spacial score (nSPS) is 10.5. The highest BCUT2D eigenvalue weighted by molar-refractivity contribution is 7.09. The molecule has 2 aromatic heterocycles. The molecule has 0 aliphatic rings. The maximum Gasteiger partial charge on any atom is 0.251 e. The lowest BCUT2D eigenvalue weighted by Crippen LogP contribution is -2.25. The summed E-state index contributed by atoms with van der Waals surface area (Å²) in [5, 5.41) is 9.16. The fourth-order valence-electron chi connectivity index (χ4n) is 2.57. The fourth-order valence-corrected chi connectivity index (χ4v) is 3.35. The highest BCUT2D eigenvalue weighted by Crippen LogP contribution is 2.23. The highest BCUT2D eigenvalue weighted by atomic mass is 32.1. The Morgan fingerprint density at radius 3 is 2.85 bits per heavy atom. The first-order chi connectivity index (χ1) is 12.7. The number of aromatic nitrogens is 3. The maximum atomic E-state index is 12.5. The molecule has 0 spiro atoms. The second kappa shape index (κ2) is 8.53. The Kier molecular flexibility index (Phi) is 5.91. The second-order valence-electron chi connectivity index (χ2n) is 5.68. The van der Waals surface area contributed by atoms with E-state index in [2.05, 4.69) is 37.9 Å². The van der Waals surface area contributed by atoms with Gasteiger partial charge in [0.2, 0.25) is 0 Å². The molecule has 1 amide bonds. The average molecular weight is 367 g/mol. The summed E-state index contributed by atoms with van der Waals surface area (Å²) in [6.07, 6.45) is 4.95. The number of rotatable bonds is 7. The number of thiazole rings is 1. The van der Waals surface area contributed by atoms with Crippen LogP contribution >= 0.6 is 11.3 Å². The maximum absolute atomic E-state index is 12.5. The zero-order chi connectivity index (χ0) is 18.4. The van der Waals surface area contributed by atoms with Gasteiger partial charge in [-0.15, -0.1) is 11.3 Å². The Hall–Kier alpha value is -2.80. The number of nitrogens with one attached hydrogen (secondary N) is 2. The van der Waals surface area contributed by atoms with E-state index in [1.807, 2.05) is 18.2 Å². The van der Waals surface area contributed by atoms with Gasteiger partial charge in [-0.3, -0.25) is 9.78 Å².